The Hall–Kier alpha value is -2.12. The molecule has 0 aliphatic carbocycles. The van der Waals surface area contributed by atoms with Gasteiger partial charge in [0.2, 0.25) is 0 Å². The molecule has 0 amide bonds. The lowest BCUT2D eigenvalue weighted by atomic mass is 10.1. The van der Waals surface area contributed by atoms with Crippen LogP contribution >= 0.6 is 0 Å². The first-order valence-electron chi connectivity index (χ1n) is 5.46. The molecule has 1 aliphatic heterocycles. The van der Waals surface area contributed by atoms with Crippen LogP contribution in [-0.2, 0) is 11.8 Å². The average molecular weight is 252 g/mol. The topological polar surface area (TPSA) is 119 Å². The van der Waals surface area contributed by atoms with Crippen LogP contribution in [0.5, 0.6) is 0 Å². The highest BCUT2D eigenvalue weighted by Gasteiger charge is 2.33. The molecule has 2 unspecified atom stereocenters. The zero-order valence-electron chi connectivity index (χ0n) is 9.76. The van der Waals surface area contributed by atoms with E-state index in [0.29, 0.717) is 18.5 Å². The van der Waals surface area contributed by atoms with E-state index in [9.17, 15) is 10.1 Å². The predicted octanol–water partition coefficient (Wildman–Crippen LogP) is 1.86. The second kappa shape index (κ2) is 5.03. The van der Waals surface area contributed by atoms with Gasteiger partial charge in [-0.1, -0.05) is 5.11 Å². The van der Waals surface area contributed by atoms with Gasteiger partial charge in [0, 0.05) is 12.0 Å². The van der Waals surface area contributed by atoms with Gasteiger partial charge in [0.05, 0.1) is 17.6 Å². The van der Waals surface area contributed by atoms with Crippen molar-refractivity contribution >= 4 is 5.69 Å². The number of nitrogens with zero attached hydrogens (tertiary/aromatic N) is 6. The van der Waals surface area contributed by atoms with Crippen molar-refractivity contribution in [3.63, 3.8) is 0 Å². The average Bonchev–Trinajstić information content (AvgIpc) is 2.92. The molecule has 0 N–H and O–H groups in total. The number of aromatic nitrogens is 2. The van der Waals surface area contributed by atoms with Crippen molar-refractivity contribution in [1.82, 2.24) is 9.78 Å². The summed E-state index contributed by atoms with van der Waals surface area (Å²) in [5, 5.41) is 18.2. The highest BCUT2D eigenvalue weighted by atomic mass is 16.6. The Balaban J connectivity index is 2.16. The fourth-order valence-corrected chi connectivity index (χ4v) is 2.12. The monoisotopic (exact) mass is 252 g/mol. The summed E-state index contributed by atoms with van der Waals surface area (Å²) in [4.78, 5) is 13.1. The van der Waals surface area contributed by atoms with Crippen LogP contribution in [0.25, 0.3) is 10.4 Å². The highest BCUT2D eigenvalue weighted by molar-refractivity contribution is 5.35. The van der Waals surface area contributed by atoms with Gasteiger partial charge in [-0.2, -0.15) is 5.10 Å². The number of hydrogen-bond acceptors (Lipinski definition) is 5. The first-order valence-corrected chi connectivity index (χ1v) is 5.46. The maximum Gasteiger partial charge on any atom is 0.312 e. The van der Waals surface area contributed by atoms with Gasteiger partial charge in [0.15, 0.2) is 0 Å². The third-order valence-electron chi connectivity index (χ3n) is 2.92. The highest BCUT2D eigenvalue weighted by Crippen LogP contribution is 2.36. The van der Waals surface area contributed by atoms with Gasteiger partial charge in [0.1, 0.15) is 18.0 Å². The van der Waals surface area contributed by atoms with Crippen molar-refractivity contribution in [2.24, 2.45) is 12.2 Å². The van der Waals surface area contributed by atoms with Crippen LogP contribution in [0.15, 0.2) is 11.3 Å². The summed E-state index contributed by atoms with van der Waals surface area (Å²) in [6.45, 7) is 0.249. The van der Waals surface area contributed by atoms with Crippen LogP contribution in [-0.4, -0.2) is 27.4 Å². The zero-order chi connectivity index (χ0) is 13.1. The van der Waals surface area contributed by atoms with Crippen LogP contribution in [0, 0.1) is 10.1 Å². The fraction of sp³-hybridized carbons (Fsp3) is 0.667. The summed E-state index contributed by atoms with van der Waals surface area (Å²) in [6.07, 6.45) is 2.05. The van der Waals surface area contributed by atoms with Gasteiger partial charge in [0.25, 0.3) is 0 Å². The van der Waals surface area contributed by atoms with Crippen molar-refractivity contribution in [3.05, 3.63) is 32.4 Å². The van der Waals surface area contributed by atoms with Gasteiger partial charge in [-0.3, -0.25) is 14.8 Å². The van der Waals surface area contributed by atoms with E-state index in [-0.39, 0.29) is 24.4 Å². The number of ether oxygens (including phenoxy) is 1. The molecular formula is C9H12N6O3. The van der Waals surface area contributed by atoms with Crippen LogP contribution in [0.4, 0.5) is 5.69 Å². The zero-order valence-corrected chi connectivity index (χ0v) is 9.76. The normalized spacial score (nSPS) is 22.7. The fourth-order valence-electron chi connectivity index (χ4n) is 2.12. The third kappa shape index (κ3) is 2.27. The standard InChI is InChI=1S/C9H12N6O3/c1-14-9(7(5-12-14)15(16)17)8-3-2-6(18-8)4-11-13-10/h5-6,8H,2-4H2,1H3. The summed E-state index contributed by atoms with van der Waals surface area (Å²) in [7, 11) is 1.65. The van der Waals surface area contributed by atoms with Gasteiger partial charge < -0.3 is 4.74 Å². The van der Waals surface area contributed by atoms with Gasteiger partial charge in [-0.25, -0.2) is 0 Å². The summed E-state index contributed by atoms with van der Waals surface area (Å²) in [5.41, 5.74) is 8.66. The molecule has 9 nitrogen and oxygen atoms in total. The van der Waals surface area contributed by atoms with E-state index in [4.69, 9.17) is 10.3 Å². The predicted molar refractivity (Wildman–Crippen MR) is 60.7 cm³/mol. The molecule has 0 spiro atoms. The maximum absolute atomic E-state index is 10.9. The Morgan fingerprint density at radius 3 is 3.22 bits per heavy atom. The van der Waals surface area contributed by atoms with Crippen LogP contribution in [0.2, 0.25) is 0 Å². The van der Waals surface area contributed by atoms with E-state index in [1.54, 1.807) is 7.05 Å². The molecule has 96 valence electrons. The van der Waals surface area contributed by atoms with Crippen molar-refractivity contribution in [2.75, 3.05) is 6.54 Å². The van der Waals surface area contributed by atoms with Crippen molar-refractivity contribution < 1.29 is 9.66 Å². The second-order valence-corrected chi connectivity index (χ2v) is 4.03. The number of hydrogen-bond donors (Lipinski definition) is 0. The molecule has 2 atom stereocenters. The number of rotatable bonds is 4. The largest absolute Gasteiger partial charge is 0.368 e. The Morgan fingerprint density at radius 2 is 2.56 bits per heavy atom. The minimum absolute atomic E-state index is 0.0352. The molecule has 9 heteroatoms. The molecule has 0 radical (unpaired) electrons. The molecule has 0 saturated carbocycles. The van der Waals surface area contributed by atoms with E-state index in [2.05, 4.69) is 15.1 Å². The Kier molecular flexibility index (Phi) is 3.45. The molecule has 0 aromatic carbocycles. The SMILES string of the molecule is Cn1ncc([N+](=O)[O-])c1C1CCC(CN=[N+]=[N-])O1. The smallest absolute Gasteiger partial charge is 0.312 e. The first kappa shape index (κ1) is 12.3. The minimum atomic E-state index is -0.466. The van der Waals surface area contributed by atoms with Crippen LogP contribution in [0.1, 0.15) is 24.6 Å². The number of aryl methyl sites for hydroxylation is 1. The van der Waals surface area contributed by atoms with E-state index in [1.165, 1.54) is 10.9 Å². The Morgan fingerprint density at radius 1 is 1.78 bits per heavy atom. The van der Waals surface area contributed by atoms with Gasteiger partial charge >= 0.3 is 5.69 Å². The first-order chi connectivity index (χ1) is 8.63. The lowest BCUT2D eigenvalue weighted by Gasteiger charge is -2.11. The molecule has 1 fully saturated rings. The molecule has 2 rings (SSSR count). The molecule has 18 heavy (non-hydrogen) atoms. The quantitative estimate of drug-likeness (QED) is 0.267. The minimum Gasteiger partial charge on any atom is -0.368 e. The lowest BCUT2D eigenvalue weighted by molar-refractivity contribution is -0.386. The second-order valence-electron chi connectivity index (χ2n) is 4.03. The van der Waals surface area contributed by atoms with Crippen molar-refractivity contribution in [1.29, 1.82) is 0 Å². The van der Waals surface area contributed by atoms with E-state index in [0.717, 1.165) is 0 Å². The van der Waals surface area contributed by atoms with Crippen LogP contribution in [0.3, 0.4) is 0 Å². The Bertz CT molecular complexity index is 506. The van der Waals surface area contributed by atoms with Gasteiger partial charge in [-0.15, -0.1) is 0 Å². The molecule has 1 aromatic rings. The van der Waals surface area contributed by atoms with Crippen molar-refractivity contribution in [3.8, 4) is 0 Å². The molecule has 2 heterocycles. The summed E-state index contributed by atoms with van der Waals surface area (Å²) in [5.74, 6) is 0. The molecule has 0 bridgehead atoms. The molecule has 1 aromatic heterocycles. The molecular weight excluding hydrogens is 240 g/mol. The van der Waals surface area contributed by atoms with Crippen LogP contribution < -0.4 is 0 Å². The summed E-state index contributed by atoms with van der Waals surface area (Å²) < 4.78 is 7.11. The summed E-state index contributed by atoms with van der Waals surface area (Å²) in [6, 6.07) is 0. The van der Waals surface area contributed by atoms with Gasteiger partial charge in [-0.05, 0) is 18.4 Å². The molecule has 1 saturated heterocycles. The van der Waals surface area contributed by atoms with E-state index in [1.807, 2.05) is 0 Å². The van der Waals surface area contributed by atoms with Crippen molar-refractivity contribution in [2.45, 2.75) is 25.0 Å². The number of nitro groups is 1. The summed E-state index contributed by atoms with van der Waals surface area (Å²) >= 11 is 0. The lowest BCUT2D eigenvalue weighted by Crippen LogP contribution is -2.12. The third-order valence-corrected chi connectivity index (χ3v) is 2.92. The Labute approximate surface area is 102 Å². The number of azide groups is 1. The van der Waals surface area contributed by atoms with E-state index < -0.39 is 4.92 Å². The maximum atomic E-state index is 10.9. The van der Waals surface area contributed by atoms with E-state index >= 15 is 0 Å². The molecule has 1 aliphatic rings.